The maximum atomic E-state index is 6.03. The molecule has 0 saturated carbocycles. The predicted molar refractivity (Wildman–Crippen MR) is 122 cm³/mol. The molecule has 5 rings (SSSR count). The Balaban J connectivity index is 1.23. The van der Waals surface area contributed by atoms with Crippen LogP contribution in [0.4, 0.5) is 0 Å². The van der Waals surface area contributed by atoms with Crippen LogP contribution in [0.25, 0.3) is 20.2 Å². The van der Waals surface area contributed by atoms with E-state index in [9.17, 15) is 0 Å². The minimum Gasteiger partial charge on any atom is -0.492 e. The molecule has 4 nitrogen and oxygen atoms in total. The van der Waals surface area contributed by atoms with Crippen LogP contribution < -0.4 is 9.47 Å². The van der Waals surface area contributed by atoms with E-state index in [-0.39, 0.29) is 0 Å². The normalized spacial score (nSPS) is 18.2. The van der Waals surface area contributed by atoms with Gasteiger partial charge in [-0.1, -0.05) is 0 Å². The second-order valence-corrected chi connectivity index (χ2v) is 9.30. The highest BCUT2D eigenvalue weighted by molar-refractivity contribution is 7.25. The van der Waals surface area contributed by atoms with Crippen molar-refractivity contribution < 1.29 is 9.47 Å². The van der Waals surface area contributed by atoms with Gasteiger partial charge in [-0.05, 0) is 88.3 Å². The summed E-state index contributed by atoms with van der Waals surface area (Å²) in [6, 6.07) is 13.0. The zero-order valence-electron chi connectivity index (χ0n) is 17.1. The van der Waals surface area contributed by atoms with Gasteiger partial charge < -0.3 is 9.47 Å². The molecule has 0 atom stereocenters. The number of hydrogen-bond acceptors (Lipinski definition) is 5. The summed E-state index contributed by atoms with van der Waals surface area (Å²) >= 11 is 1.83. The largest absolute Gasteiger partial charge is 0.492 e. The average molecular weight is 411 g/mol. The van der Waals surface area contributed by atoms with Crippen molar-refractivity contribution >= 4 is 31.5 Å². The van der Waals surface area contributed by atoms with Crippen LogP contribution in [0.5, 0.6) is 11.5 Å². The maximum absolute atomic E-state index is 6.03. The van der Waals surface area contributed by atoms with Gasteiger partial charge in [-0.15, -0.1) is 11.3 Å². The molecule has 3 heterocycles. The highest BCUT2D eigenvalue weighted by Crippen LogP contribution is 2.37. The molecule has 0 aliphatic carbocycles. The smallest absolute Gasteiger partial charge is 0.120 e. The molecule has 2 aliphatic rings. The Morgan fingerprint density at radius 1 is 0.655 bits per heavy atom. The Hall–Kier alpha value is -1.82. The summed E-state index contributed by atoms with van der Waals surface area (Å²) in [4.78, 5) is 4.98. The molecule has 29 heavy (non-hydrogen) atoms. The predicted octanol–water partition coefficient (Wildman–Crippen LogP) is 5.00. The van der Waals surface area contributed by atoms with Crippen LogP contribution in [-0.2, 0) is 0 Å². The minimum absolute atomic E-state index is 0.769. The summed E-state index contributed by atoms with van der Waals surface area (Å²) in [5.41, 5.74) is 0. The van der Waals surface area contributed by atoms with E-state index in [1.807, 2.05) is 11.3 Å². The quantitative estimate of drug-likeness (QED) is 0.521. The summed E-state index contributed by atoms with van der Waals surface area (Å²) in [5.74, 6) is 1.95. The number of thiophene rings is 1. The molecular formula is C24H30N2O2S. The molecule has 0 spiro atoms. The molecule has 0 unspecified atom stereocenters. The molecule has 3 aromatic rings. The molecular weight excluding hydrogens is 380 g/mol. The van der Waals surface area contributed by atoms with Crippen molar-refractivity contribution in [2.75, 3.05) is 52.5 Å². The molecule has 2 saturated heterocycles. The lowest BCUT2D eigenvalue weighted by Crippen LogP contribution is -2.25. The number of rotatable bonds is 8. The van der Waals surface area contributed by atoms with Crippen molar-refractivity contribution in [1.29, 1.82) is 0 Å². The Kier molecular flexibility index (Phi) is 5.88. The van der Waals surface area contributed by atoms with Crippen molar-refractivity contribution in [3.8, 4) is 11.5 Å². The molecule has 0 N–H and O–H groups in total. The number of hydrogen-bond donors (Lipinski definition) is 0. The Labute approximate surface area is 177 Å². The van der Waals surface area contributed by atoms with Crippen LogP contribution >= 0.6 is 11.3 Å². The highest BCUT2D eigenvalue weighted by Gasteiger charge is 2.13. The van der Waals surface area contributed by atoms with Crippen LogP contribution in [0.1, 0.15) is 25.7 Å². The first-order valence-corrected chi connectivity index (χ1v) is 11.8. The number of likely N-dealkylation sites (tertiary alicyclic amines) is 2. The lowest BCUT2D eigenvalue weighted by Gasteiger charge is -2.15. The molecule has 0 amide bonds. The van der Waals surface area contributed by atoms with E-state index in [0.29, 0.717) is 0 Å². The van der Waals surface area contributed by atoms with Gasteiger partial charge in [0.2, 0.25) is 0 Å². The Morgan fingerprint density at radius 2 is 1.10 bits per heavy atom. The van der Waals surface area contributed by atoms with E-state index in [0.717, 1.165) is 37.8 Å². The van der Waals surface area contributed by atoms with Gasteiger partial charge in [0, 0.05) is 33.3 Å². The summed E-state index contributed by atoms with van der Waals surface area (Å²) in [6.45, 7) is 8.49. The minimum atomic E-state index is 0.769. The molecule has 2 aliphatic heterocycles. The van der Waals surface area contributed by atoms with E-state index >= 15 is 0 Å². The highest BCUT2D eigenvalue weighted by atomic mass is 32.1. The maximum Gasteiger partial charge on any atom is 0.120 e. The van der Waals surface area contributed by atoms with Gasteiger partial charge in [-0.3, -0.25) is 9.80 Å². The summed E-state index contributed by atoms with van der Waals surface area (Å²) in [6.07, 6.45) is 5.32. The standard InChI is InChI=1S/C24H30N2O2S/c1-2-10-25(9-1)13-15-27-19-5-7-21-22-8-6-20(18-24(22)29-23(21)17-19)28-16-14-26-11-3-4-12-26/h5-8,17-18H,1-4,9-16H2. The lowest BCUT2D eigenvalue weighted by atomic mass is 10.1. The molecule has 1 aromatic heterocycles. The number of benzene rings is 2. The van der Waals surface area contributed by atoms with Gasteiger partial charge >= 0.3 is 0 Å². The van der Waals surface area contributed by atoms with Crippen LogP contribution in [0.3, 0.4) is 0 Å². The van der Waals surface area contributed by atoms with Gasteiger partial charge in [0.15, 0.2) is 0 Å². The van der Waals surface area contributed by atoms with Crippen LogP contribution in [0, 0.1) is 0 Å². The van der Waals surface area contributed by atoms with Crippen molar-refractivity contribution in [2.24, 2.45) is 0 Å². The Bertz CT molecular complexity index is 882. The van der Waals surface area contributed by atoms with E-state index in [1.54, 1.807) is 0 Å². The van der Waals surface area contributed by atoms with E-state index in [1.165, 1.54) is 72.0 Å². The fourth-order valence-corrected chi connectivity index (χ4v) is 5.68. The number of fused-ring (bicyclic) bond motifs is 3. The summed E-state index contributed by atoms with van der Waals surface area (Å²) in [7, 11) is 0. The molecule has 2 aromatic carbocycles. The molecule has 0 bridgehead atoms. The fourth-order valence-electron chi connectivity index (χ4n) is 4.51. The van der Waals surface area contributed by atoms with Crippen molar-refractivity contribution in [1.82, 2.24) is 9.80 Å². The molecule has 2 fully saturated rings. The van der Waals surface area contributed by atoms with Crippen molar-refractivity contribution in [3.63, 3.8) is 0 Å². The van der Waals surface area contributed by atoms with Crippen LogP contribution in [0.15, 0.2) is 36.4 Å². The monoisotopic (exact) mass is 410 g/mol. The molecule has 5 heteroatoms. The lowest BCUT2D eigenvalue weighted by molar-refractivity contribution is 0.238. The number of nitrogens with zero attached hydrogens (tertiary/aromatic N) is 2. The molecule has 154 valence electrons. The second kappa shape index (κ2) is 8.90. The topological polar surface area (TPSA) is 24.9 Å². The first-order chi connectivity index (χ1) is 14.3. The van der Waals surface area contributed by atoms with Crippen molar-refractivity contribution in [3.05, 3.63) is 36.4 Å². The zero-order valence-corrected chi connectivity index (χ0v) is 17.9. The van der Waals surface area contributed by atoms with Gasteiger partial charge in [-0.2, -0.15) is 0 Å². The van der Waals surface area contributed by atoms with Gasteiger partial charge in [-0.25, -0.2) is 0 Å². The third-order valence-corrected chi connectivity index (χ3v) is 7.28. The van der Waals surface area contributed by atoms with Crippen LogP contribution in [0.2, 0.25) is 0 Å². The van der Waals surface area contributed by atoms with Gasteiger partial charge in [0.25, 0.3) is 0 Å². The summed E-state index contributed by atoms with van der Waals surface area (Å²) in [5, 5.41) is 2.61. The third kappa shape index (κ3) is 4.52. The zero-order chi connectivity index (χ0) is 19.5. The van der Waals surface area contributed by atoms with Crippen molar-refractivity contribution in [2.45, 2.75) is 25.7 Å². The third-order valence-electron chi connectivity index (χ3n) is 6.17. The van der Waals surface area contributed by atoms with Gasteiger partial charge in [0.05, 0.1) is 0 Å². The SMILES string of the molecule is c1cc2c(cc1OCCN1CCCC1)sc1cc(OCCN3CCCC3)ccc12. The van der Waals surface area contributed by atoms with Gasteiger partial charge in [0.1, 0.15) is 24.7 Å². The van der Waals surface area contributed by atoms with Crippen LogP contribution in [-0.4, -0.2) is 62.3 Å². The van der Waals surface area contributed by atoms with E-state index in [2.05, 4.69) is 46.2 Å². The van der Waals surface area contributed by atoms with E-state index in [4.69, 9.17) is 9.47 Å². The first kappa shape index (κ1) is 19.2. The van der Waals surface area contributed by atoms with E-state index < -0.39 is 0 Å². The fraction of sp³-hybridized carbons (Fsp3) is 0.500. The molecule has 0 radical (unpaired) electrons. The Morgan fingerprint density at radius 3 is 1.55 bits per heavy atom. The second-order valence-electron chi connectivity index (χ2n) is 8.21. The first-order valence-electron chi connectivity index (χ1n) is 11.0. The summed E-state index contributed by atoms with van der Waals surface area (Å²) < 4.78 is 14.6. The average Bonchev–Trinajstić information content (AvgIpc) is 3.48. The number of ether oxygens (including phenoxy) is 2.